The topological polar surface area (TPSA) is 30.5 Å². The molecule has 0 radical (unpaired) electrons. The molecule has 0 saturated carbocycles. The number of rotatable bonds is 8. The van der Waals surface area contributed by atoms with Crippen LogP contribution in [0, 0.1) is 5.92 Å². The molecular formula is C14H27NO2S. The number of hydrogen-bond acceptors (Lipinski definition) is 4. The second kappa shape index (κ2) is 8.41. The monoisotopic (exact) mass is 273 g/mol. The van der Waals surface area contributed by atoms with Crippen molar-refractivity contribution in [1.29, 1.82) is 0 Å². The summed E-state index contributed by atoms with van der Waals surface area (Å²) in [5.41, 5.74) is 0. The molecule has 2 aliphatic heterocycles. The second-order valence-corrected chi connectivity index (χ2v) is 6.43. The van der Waals surface area contributed by atoms with E-state index in [9.17, 15) is 0 Å². The highest BCUT2D eigenvalue weighted by atomic mass is 32.2. The third-order valence-electron chi connectivity index (χ3n) is 3.82. The first kappa shape index (κ1) is 14.6. The van der Waals surface area contributed by atoms with E-state index in [0.29, 0.717) is 18.1 Å². The lowest BCUT2D eigenvalue weighted by atomic mass is 10.0. The maximum Gasteiger partial charge on any atom is 0.0666 e. The van der Waals surface area contributed by atoms with Crippen molar-refractivity contribution >= 4 is 11.8 Å². The summed E-state index contributed by atoms with van der Waals surface area (Å²) < 4.78 is 11.2. The van der Waals surface area contributed by atoms with Gasteiger partial charge in [-0.2, -0.15) is 11.8 Å². The Morgan fingerprint density at radius 3 is 2.94 bits per heavy atom. The van der Waals surface area contributed by atoms with Gasteiger partial charge in [0.25, 0.3) is 0 Å². The summed E-state index contributed by atoms with van der Waals surface area (Å²) in [6.07, 6.45) is 5.45. The van der Waals surface area contributed by atoms with Crippen LogP contribution >= 0.6 is 11.8 Å². The molecule has 1 N–H and O–H groups in total. The lowest BCUT2D eigenvalue weighted by molar-refractivity contribution is 0.129. The fourth-order valence-electron chi connectivity index (χ4n) is 2.66. The van der Waals surface area contributed by atoms with Gasteiger partial charge in [-0.05, 0) is 32.2 Å². The lowest BCUT2D eigenvalue weighted by Crippen LogP contribution is -2.39. The Labute approximate surface area is 115 Å². The van der Waals surface area contributed by atoms with Gasteiger partial charge in [-0.15, -0.1) is 0 Å². The Bertz CT molecular complexity index is 216. The fourth-order valence-corrected chi connectivity index (χ4v) is 3.97. The highest BCUT2D eigenvalue weighted by Gasteiger charge is 2.25. The largest absolute Gasteiger partial charge is 0.381 e. The van der Waals surface area contributed by atoms with Crippen LogP contribution in [0.5, 0.6) is 0 Å². The van der Waals surface area contributed by atoms with E-state index < -0.39 is 0 Å². The van der Waals surface area contributed by atoms with Crippen molar-refractivity contribution in [3.05, 3.63) is 0 Å². The zero-order chi connectivity index (χ0) is 12.6. The van der Waals surface area contributed by atoms with Crippen molar-refractivity contribution in [2.24, 2.45) is 5.92 Å². The molecule has 0 aromatic carbocycles. The molecule has 3 nitrogen and oxygen atoms in total. The summed E-state index contributed by atoms with van der Waals surface area (Å²) in [6.45, 7) is 6.23. The summed E-state index contributed by atoms with van der Waals surface area (Å²) >= 11 is 2.05. The molecule has 4 heteroatoms. The summed E-state index contributed by atoms with van der Waals surface area (Å²) in [6, 6.07) is 0.624. The summed E-state index contributed by atoms with van der Waals surface area (Å²) in [5, 5.41) is 3.70. The Balaban J connectivity index is 1.66. The summed E-state index contributed by atoms with van der Waals surface area (Å²) in [5.74, 6) is 3.08. The zero-order valence-corrected chi connectivity index (χ0v) is 12.3. The van der Waals surface area contributed by atoms with E-state index in [2.05, 4.69) is 24.0 Å². The molecule has 0 spiro atoms. The molecule has 0 aromatic heterocycles. The van der Waals surface area contributed by atoms with Gasteiger partial charge in [0.1, 0.15) is 0 Å². The average molecular weight is 273 g/mol. The van der Waals surface area contributed by atoms with Gasteiger partial charge >= 0.3 is 0 Å². The van der Waals surface area contributed by atoms with Gasteiger partial charge in [0.05, 0.1) is 12.7 Å². The van der Waals surface area contributed by atoms with Crippen LogP contribution in [-0.2, 0) is 9.47 Å². The lowest BCUT2D eigenvalue weighted by Gasteiger charge is -2.24. The van der Waals surface area contributed by atoms with Gasteiger partial charge in [0.2, 0.25) is 0 Å². The Kier molecular flexibility index (Phi) is 6.84. The molecule has 2 rings (SSSR count). The first-order valence-electron chi connectivity index (χ1n) is 7.40. The molecule has 2 fully saturated rings. The highest BCUT2D eigenvalue weighted by molar-refractivity contribution is 7.99. The van der Waals surface area contributed by atoms with E-state index in [-0.39, 0.29) is 0 Å². The smallest absolute Gasteiger partial charge is 0.0666 e. The normalized spacial score (nSPS) is 29.8. The van der Waals surface area contributed by atoms with Crippen LogP contribution < -0.4 is 5.32 Å². The minimum absolute atomic E-state index is 0.515. The highest BCUT2D eigenvalue weighted by Crippen LogP contribution is 2.22. The van der Waals surface area contributed by atoms with Crippen LogP contribution in [0.25, 0.3) is 0 Å². The van der Waals surface area contributed by atoms with Crippen LogP contribution in [0.4, 0.5) is 0 Å². The molecule has 0 aliphatic carbocycles. The predicted octanol–water partition coefficient (Wildman–Crippen LogP) is 2.30. The van der Waals surface area contributed by atoms with Crippen molar-refractivity contribution in [1.82, 2.24) is 5.32 Å². The van der Waals surface area contributed by atoms with E-state index in [4.69, 9.17) is 9.47 Å². The molecule has 0 aromatic rings. The number of nitrogens with one attached hydrogen (secondary N) is 1. The molecule has 0 bridgehead atoms. The van der Waals surface area contributed by atoms with E-state index in [0.717, 1.165) is 32.1 Å². The van der Waals surface area contributed by atoms with Gasteiger partial charge in [0, 0.05) is 36.7 Å². The van der Waals surface area contributed by atoms with Crippen LogP contribution in [-0.4, -0.2) is 50.0 Å². The first-order valence-corrected chi connectivity index (χ1v) is 8.56. The number of ether oxygens (including phenoxy) is 2. The Morgan fingerprint density at radius 2 is 2.28 bits per heavy atom. The molecule has 106 valence electrons. The maximum atomic E-state index is 5.68. The van der Waals surface area contributed by atoms with Crippen molar-refractivity contribution in [3.63, 3.8) is 0 Å². The minimum atomic E-state index is 0.515. The molecule has 3 unspecified atom stereocenters. The standard InChI is InChI=1S/C14H27NO2S/c1-2-6-15-14(12-5-8-16-9-12)11-18-10-13-4-3-7-17-13/h12-15H,2-11H2,1H3. The van der Waals surface area contributed by atoms with Crippen molar-refractivity contribution in [2.75, 3.05) is 37.9 Å². The third kappa shape index (κ3) is 4.72. The van der Waals surface area contributed by atoms with Crippen molar-refractivity contribution in [3.8, 4) is 0 Å². The first-order chi connectivity index (χ1) is 8.90. The summed E-state index contributed by atoms with van der Waals surface area (Å²) in [7, 11) is 0. The van der Waals surface area contributed by atoms with Crippen molar-refractivity contribution in [2.45, 2.75) is 44.8 Å². The van der Waals surface area contributed by atoms with Crippen LogP contribution in [0.1, 0.15) is 32.6 Å². The van der Waals surface area contributed by atoms with Crippen LogP contribution in [0.3, 0.4) is 0 Å². The number of thioether (sulfide) groups is 1. The van der Waals surface area contributed by atoms with Gasteiger partial charge < -0.3 is 14.8 Å². The van der Waals surface area contributed by atoms with E-state index >= 15 is 0 Å². The summed E-state index contributed by atoms with van der Waals surface area (Å²) in [4.78, 5) is 0. The van der Waals surface area contributed by atoms with Gasteiger partial charge in [-0.3, -0.25) is 0 Å². The number of hydrogen-bond donors (Lipinski definition) is 1. The third-order valence-corrected chi connectivity index (χ3v) is 5.02. The molecule has 2 aliphatic rings. The molecular weight excluding hydrogens is 246 g/mol. The van der Waals surface area contributed by atoms with Crippen molar-refractivity contribution < 1.29 is 9.47 Å². The molecule has 3 atom stereocenters. The zero-order valence-electron chi connectivity index (χ0n) is 11.5. The van der Waals surface area contributed by atoms with Gasteiger partial charge in [-0.1, -0.05) is 6.92 Å². The van der Waals surface area contributed by atoms with E-state index in [1.807, 2.05) is 0 Å². The Hall–Kier alpha value is 0.230. The maximum absolute atomic E-state index is 5.68. The SMILES string of the molecule is CCCNC(CSCC1CCCO1)C1CCOC1. The van der Waals surface area contributed by atoms with E-state index in [1.165, 1.54) is 31.4 Å². The Morgan fingerprint density at radius 1 is 1.33 bits per heavy atom. The van der Waals surface area contributed by atoms with Gasteiger partial charge in [0.15, 0.2) is 0 Å². The minimum Gasteiger partial charge on any atom is -0.381 e. The van der Waals surface area contributed by atoms with E-state index in [1.54, 1.807) is 0 Å². The van der Waals surface area contributed by atoms with Crippen LogP contribution in [0.2, 0.25) is 0 Å². The van der Waals surface area contributed by atoms with Gasteiger partial charge in [-0.25, -0.2) is 0 Å². The fraction of sp³-hybridized carbons (Fsp3) is 1.00. The molecule has 18 heavy (non-hydrogen) atoms. The predicted molar refractivity (Wildman–Crippen MR) is 77.3 cm³/mol. The quantitative estimate of drug-likeness (QED) is 0.735. The molecule has 2 heterocycles. The average Bonchev–Trinajstić information content (AvgIpc) is 3.05. The second-order valence-electron chi connectivity index (χ2n) is 5.36. The van der Waals surface area contributed by atoms with Crippen LogP contribution in [0.15, 0.2) is 0 Å². The molecule has 2 saturated heterocycles. The molecule has 0 amide bonds.